The number of amides is 1. The van der Waals surface area contributed by atoms with E-state index in [1.165, 1.54) is 7.05 Å². The number of nitrogens with zero attached hydrogens (tertiary/aromatic N) is 1. The number of hydrogen-bond donors (Lipinski definition) is 1. The summed E-state index contributed by atoms with van der Waals surface area (Å²) in [7, 11) is 1.31. The Labute approximate surface area is 84.1 Å². The van der Waals surface area contributed by atoms with Crippen molar-refractivity contribution in [3.63, 3.8) is 0 Å². The summed E-state index contributed by atoms with van der Waals surface area (Å²) in [6.07, 6.45) is 0. The van der Waals surface area contributed by atoms with E-state index in [4.69, 9.17) is 5.21 Å². The van der Waals surface area contributed by atoms with Crippen LogP contribution in [0.25, 0.3) is 0 Å². The van der Waals surface area contributed by atoms with Gasteiger partial charge in [0.15, 0.2) is 0 Å². The van der Waals surface area contributed by atoms with Gasteiger partial charge < -0.3 is 0 Å². The summed E-state index contributed by atoms with van der Waals surface area (Å²) in [4.78, 5) is 11.2. The van der Waals surface area contributed by atoms with Gasteiger partial charge in [0.05, 0.1) is 5.56 Å². The normalized spacial score (nSPS) is 9.58. The number of carbonyl (C=O) groups is 1. The van der Waals surface area contributed by atoms with Crippen molar-refractivity contribution < 1.29 is 10.0 Å². The highest BCUT2D eigenvalue weighted by Gasteiger charge is 2.11. The van der Waals surface area contributed by atoms with Crippen molar-refractivity contribution >= 4 is 28.5 Å². The summed E-state index contributed by atoms with van der Waals surface area (Å²) < 4.78 is 0.834. The predicted octanol–water partition coefficient (Wildman–Crippen LogP) is 1.75. The Morgan fingerprint density at radius 3 is 2.58 bits per heavy atom. The van der Waals surface area contributed by atoms with E-state index in [0.29, 0.717) is 10.6 Å². The van der Waals surface area contributed by atoms with Crippen LogP contribution in [0.5, 0.6) is 0 Å². The smallest absolute Gasteiger partial charge is 0.278 e. The van der Waals surface area contributed by atoms with E-state index in [0.717, 1.165) is 3.57 Å². The number of rotatable bonds is 1. The molecule has 64 valence electrons. The second-order valence-corrected chi connectivity index (χ2v) is 3.47. The van der Waals surface area contributed by atoms with Gasteiger partial charge in [-0.25, -0.2) is 5.06 Å². The van der Waals surface area contributed by atoms with Gasteiger partial charge in [-0.15, -0.1) is 0 Å². The van der Waals surface area contributed by atoms with Crippen molar-refractivity contribution in [1.29, 1.82) is 0 Å². The molecular formula is C8H8INO2. The molecule has 4 heteroatoms. The molecule has 0 aliphatic rings. The average Bonchev–Trinajstić information content (AvgIpc) is 2.04. The van der Waals surface area contributed by atoms with Crippen LogP contribution in [0, 0.1) is 3.57 Å². The van der Waals surface area contributed by atoms with E-state index in [1.807, 2.05) is 12.1 Å². The van der Waals surface area contributed by atoms with Gasteiger partial charge in [-0.3, -0.25) is 10.0 Å². The molecule has 1 amide bonds. The lowest BCUT2D eigenvalue weighted by Gasteiger charge is -2.08. The molecule has 0 atom stereocenters. The van der Waals surface area contributed by atoms with Crippen molar-refractivity contribution in [2.24, 2.45) is 0 Å². The average molecular weight is 277 g/mol. The summed E-state index contributed by atoms with van der Waals surface area (Å²) in [5.41, 5.74) is 0.517. The first-order valence-electron chi connectivity index (χ1n) is 3.34. The molecule has 0 aliphatic heterocycles. The van der Waals surface area contributed by atoms with Crippen molar-refractivity contribution in [3.8, 4) is 0 Å². The molecule has 0 fully saturated rings. The van der Waals surface area contributed by atoms with Gasteiger partial charge in [-0.2, -0.15) is 0 Å². The zero-order valence-electron chi connectivity index (χ0n) is 6.49. The van der Waals surface area contributed by atoms with Crippen LogP contribution >= 0.6 is 22.6 Å². The highest BCUT2D eigenvalue weighted by Crippen LogP contribution is 2.12. The Hall–Kier alpha value is -0.620. The molecule has 0 aliphatic carbocycles. The molecule has 0 spiro atoms. The van der Waals surface area contributed by atoms with E-state index in [1.54, 1.807) is 12.1 Å². The molecule has 1 N–H and O–H groups in total. The van der Waals surface area contributed by atoms with Crippen LogP contribution in [-0.4, -0.2) is 23.2 Å². The predicted molar refractivity (Wildman–Crippen MR) is 53.0 cm³/mol. The fraction of sp³-hybridized carbons (Fsp3) is 0.125. The van der Waals surface area contributed by atoms with Crippen LogP contribution in [0.3, 0.4) is 0 Å². The Kier molecular flexibility index (Phi) is 3.05. The maximum atomic E-state index is 11.2. The van der Waals surface area contributed by atoms with Crippen molar-refractivity contribution in [2.75, 3.05) is 7.05 Å². The Morgan fingerprint density at radius 2 is 2.08 bits per heavy atom. The number of halogens is 1. The zero-order valence-corrected chi connectivity index (χ0v) is 8.65. The third-order valence-corrected chi connectivity index (χ3v) is 2.34. The second-order valence-electron chi connectivity index (χ2n) is 2.31. The molecule has 1 rings (SSSR count). The molecule has 3 nitrogen and oxygen atoms in total. The summed E-state index contributed by atoms with van der Waals surface area (Å²) >= 11 is 2.05. The van der Waals surface area contributed by atoms with Crippen molar-refractivity contribution in [1.82, 2.24) is 5.06 Å². The Morgan fingerprint density at radius 1 is 1.50 bits per heavy atom. The minimum Gasteiger partial charge on any atom is -0.286 e. The first-order chi connectivity index (χ1) is 5.63. The molecular weight excluding hydrogens is 269 g/mol. The fourth-order valence-corrected chi connectivity index (χ4v) is 1.43. The van der Waals surface area contributed by atoms with Crippen LogP contribution in [0.15, 0.2) is 24.3 Å². The molecule has 1 aromatic rings. The third kappa shape index (κ3) is 1.95. The summed E-state index contributed by atoms with van der Waals surface area (Å²) in [5.74, 6) is -0.389. The van der Waals surface area contributed by atoms with Gasteiger partial charge in [0.1, 0.15) is 0 Å². The third-order valence-electron chi connectivity index (χ3n) is 1.40. The van der Waals surface area contributed by atoms with Gasteiger partial charge in [0.2, 0.25) is 0 Å². The molecule has 0 saturated heterocycles. The molecule has 0 bridgehead atoms. The van der Waals surface area contributed by atoms with E-state index in [2.05, 4.69) is 22.6 Å². The summed E-state index contributed by atoms with van der Waals surface area (Å²) in [6.45, 7) is 0. The second kappa shape index (κ2) is 3.86. The highest BCUT2D eigenvalue weighted by atomic mass is 127. The first kappa shape index (κ1) is 9.47. The summed E-state index contributed by atoms with van der Waals surface area (Å²) in [6, 6.07) is 7.10. The highest BCUT2D eigenvalue weighted by molar-refractivity contribution is 14.1. The fourth-order valence-electron chi connectivity index (χ4n) is 0.809. The molecule has 12 heavy (non-hydrogen) atoms. The van der Waals surface area contributed by atoms with Crippen LogP contribution in [0.1, 0.15) is 10.4 Å². The maximum Gasteiger partial charge on any atom is 0.278 e. The lowest BCUT2D eigenvalue weighted by Crippen LogP contribution is -2.23. The zero-order chi connectivity index (χ0) is 9.14. The van der Waals surface area contributed by atoms with Gasteiger partial charge in [-0.05, 0) is 34.7 Å². The topological polar surface area (TPSA) is 40.5 Å². The maximum absolute atomic E-state index is 11.2. The van der Waals surface area contributed by atoms with Crippen molar-refractivity contribution in [3.05, 3.63) is 33.4 Å². The summed E-state index contributed by atoms with van der Waals surface area (Å²) in [5, 5.41) is 9.46. The lowest BCUT2D eigenvalue weighted by molar-refractivity contribution is -0.0375. The van der Waals surface area contributed by atoms with Crippen LogP contribution in [0.2, 0.25) is 0 Å². The van der Waals surface area contributed by atoms with Gasteiger partial charge >= 0.3 is 0 Å². The Balaban J connectivity index is 3.03. The number of carbonyl (C=O) groups excluding carboxylic acids is 1. The van der Waals surface area contributed by atoms with Gasteiger partial charge in [-0.1, -0.05) is 12.1 Å². The van der Waals surface area contributed by atoms with E-state index in [-0.39, 0.29) is 5.91 Å². The minimum absolute atomic E-state index is 0.389. The lowest BCUT2D eigenvalue weighted by atomic mass is 10.2. The molecule has 0 aromatic heterocycles. The number of benzene rings is 1. The molecule has 0 unspecified atom stereocenters. The van der Waals surface area contributed by atoms with Crippen LogP contribution in [-0.2, 0) is 0 Å². The van der Waals surface area contributed by atoms with E-state index in [9.17, 15) is 4.79 Å². The van der Waals surface area contributed by atoms with Gasteiger partial charge in [0.25, 0.3) is 5.91 Å². The molecule has 0 radical (unpaired) electrons. The van der Waals surface area contributed by atoms with Crippen LogP contribution < -0.4 is 0 Å². The molecule has 1 aromatic carbocycles. The molecule has 0 saturated carbocycles. The Bertz CT molecular complexity index is 299. The molecule has 0 heterocycles. The SMILES string of the molecule is CN(O)C(=O)c1ccccc1I. The largest absolute Gasteiger partial charge is 0.286 e. The number of hydrogen-bond acceptors (Lipinski definition) is 2. The van der Waals surface area contributed by atoms with E-state index >= 15 is 0 Å². The standard InChI is InChI=1S/C8H8INO2/c1-10(12)8(11)6-4-2-3-5-7(6)9/h2-5,12H,1H3. The first-order valence-corrected chi connectivity index (χ1v) is 4.42. The minimum atomic E-state index is -0.389. The monoisotopic (exact) mass is 277 g/mol. The van der Waals surface area contributed by atoms with Crippen LogP contribution in [0.4, 0.5) is 0 Å². The quantitative estimate of drug-likeness (QED) is 0.482. The van der Waals surface area contributed by atoms with E-state index < -0.39 is 0 Å². The van der Waals surface area contributed by atoms with Gasteiger partial charge in [0, 0.05) is 10.6 Å². The number of hydroxylamine groups is 2. The van der Waals surface area contributed by atoms with Crippen molar-refractivity contribution in [2.45, 2.75) is 0 Å².